The standard InChI is InChI=1S/C23H19ClN2O2S/c24-18-5-3-4-15(10-18)13-26-8-9-28-22-17(14-26)11-16(12-20(22)27)23-25-19-6-1-2-7-21(19)29-23/h1-7,10-12,27H,8-9,13-14H2. The molecule has 0 amide bonds. The second-order valence-electron chi connectivity index (χ2n) is 7.16. The highest BCUT2D eigenvalue weighted by atomic mass is 35.5. The summed E-state index contributed by atoms with van der Waals surface area (Å²) in [7, 11) is 0. The molecule has 6 heteroatoms. The quantitative estimate of drug-likeness (QED) is 0.458. The van der Waals surface area contributed by atoms with E-state index < -0.39 is 0 Å². The second-order valence-corrected chi connectivity index (χ2v) is 8.63. The van der Waals surface area contributed by atoms with Gasteiger partial charge in [-0.2, -0.15) is 0 Å². The third-order valence-electron chi connectivity index (χ3n) is 5.03. The van der Waals surface area contributed by atoms with Crippen molar-refractivity contribution in [1.29, 1.82) is 0 Å². The Labute approximate surface area is 178 Å². The van der Waals surface area contributed by atoms with E-state index in [1.807, 2.05) is 36.4 Å². The fourth-order valence-electron chi connectivity index (χ4n) is 3.70. The van der Waals surface area contributed by atoms with E-state index in [2.05, 4.69) is 23.1 Å². The Morgan fingerprint density at radius 2 is 2.00 bits per heavy atom. The molecule has 4 aromatic rings. The van der Waals surface area contributed by atoms with Crippen LogP contribution in [0.1, 0.15) is 11.1 Å². The molecule has 2 heterocycles. The zero-order valence-corrected chi connectivity index (χ0v) is 17.2. The first kappa shape index (κ1) is 18.4. The fraction of sp³-hybridized carbons (Fsp3) is 0.174. The molecule has 3 aromatic carbocycles. The number of hydrogen-bond acceptors (Lipinski definition) is 5. The largest absolute Gasteiger partial charge is 0.504 e. The van der Waals surface area contributed by atoms with Crippen LogP contribution in [0.5, 0.6) is 11.5 Å². The van der Waals surface area contributed by atoms with Gasteiger partial charge < -0.3 is 9.84 Å². The number of nitrogens with zero attached hydrogens (tertiary/aromatic N) is 2. The predicted octanol–water partition coefficient (Wildman–Crippen LogP) is 5.72. The molecule has 0 fully saturated rings. The van der Waals surface area contributed by atoms with Crippen LogP contribution < -0.4 is 4.74 Å². The van der Waals surface area contributed by atoms with Crippen LogP contribution >= 0.6 is 22.9 Å². The fourth-order valence-corrected chi connectivity index (χ4v) is 4.87. The van der Waals surface area contributed by atoms with Crippen molar-refractivity contribution in [3.63, 3.8) is 0 Å². The van der Waals surface area contributed by atoms with Gasteiger partial charge in [0, 0.05) is 35.8 Å². The molecular weight excluding hydrogens is 404 g/mol. The van der Waals surface area contributed by atoms with Gasteiger partial charge in [0.25, 0.3) is 0 Å². The number of phenolic OH excluding ortho intramolecular Hbond substituents is 1. The summed E-state index contributed by atoms with van der Waals surface area (Å²) >= 11 is 7.77. The molecule has 146 valence electrons. The van der Waals surface area contributed by atoms with Gasteiger partial charge in [-0.25, -0.2) is 4.98 Å². The van der Waals surface area contributed by atoms with E-state index >= 15 is 0 Å². The van der Waals surface area contributed by atoms with Crippen molar-refractivity contribution in [3.8, 4) is 22.1 Å². The molecule has 1 aromatic heterocycles. The molecule has 1 N–H and O–H groups in total. The average molecular weight is 423 g/mol. The molecule has 0 saturated heterocycles. The first-order valence-corrected chi connectivity index (χ1v) is 10.7. The van der Waals surface area contributed by atoms with E-state index in [4.69, 9.17) is 21.3 Å². The summed E-state index contributed by atoms with van der Waals surface area (Å²) in [5, 5.41) is 12.3. The van der Waals surface area contributed by atoms with Crippen molar-refractivity contribution in [3.05, 3.63) is 76.8 Å². The molecule has 0 unspecified atom stereocenters. The molecule has 0 radical (unpaired) electrons. The van der Waals surface area contributed by atoms with E-state index in [9.17, 15) is 5.11 Å². The number of aromatic hydroxyl groups is 1. The van der Waals surface area contributed by atoms with Gasteiger partial charge in [0.05, 0.1) is 10.2 Å². The lowest BCUT2D eigenvalue weighted by Gasteiger charge is -2.19. The smallest absolute Gasteiger partial charge is 0.165 e. The maximum Gasteiger partial charge on any atom is 0.165 e. The van der Waals surface area contributed by atoms with Crippen LogP contribution in [0.15, 0.2) is 60.7 Å². The Morgan fingerprint density at radius 3 is 2.86 bits per heavy atom. The third-order valence-corrected chi connectivity index (χ3v) is 6.35. The van der Waals surface area contributed by atoms with Crippen molar-refractivity contribution in [2.24, 2.45) is 0 Å². The lowest BCUT2D eigenvalue weighted by atomic mass is 10.1. The lowest BCUT2D eigenvalue weighted by Crippen LogP contribution is -2.25. The molecule has 0 saturated carbocycles. The van der Waals surface area contributed by atoms with Crippen molar-refractivity contribution in [2.45, 2.75) is 13.1 Å². The number of phenols is 1. The van der Waals surface area contributed by atoms with E-state index in [0.29, 0.717) is 18.9 Å². The number of halogens is 1. The Kier molecular flexibility index (Phi) is 4.87. The Hall–Kier alpha value is -2.60. The van der Waals surface area contributed by atoms with Crippen molar-refractivity contribution >= 4 is 33.2 Å². The van der Waals surface area contributed by atoms with Gasteiger partial charge >= 0.3 is 0 Å². The van der Waals surface area contributed by atoms with Crippen LogP contribution in [0, 0.1) is 0 Å². The van der Waals surface area contributed by atoms with Crippen molar-refractivity contribution < 1.29 is 9.84 Å². The number of para-hydroxylation sites is 1. The first-order chi connectivity index (χ1) is 14.2. The summed E-state index contributed by atoms with van der Waals surface area (Å²) in [4.78, 5) is 7.04. The topological polar surface area (TPSA) is 45.6 Å². The van der Waals surface area contributed by atoms with Gasteiger partial charge in [0.15, 0.2) is 11.5 Å². The van der Waals surface area contributed by atoms with Gasteiger partial charge in [-0.1, -0.05) is 35.9 Å². The highest BCUT2D eigenvalue weighted by molar-refractivity contribution is 7.21. The van der Waals surface area contributed by atoms with Crippen LogP contribution in [0.3, 0.4) is 0 Å². The summed E-state index contributed by atoms with van der Waals surface area (Å²) in [6.45, 7) is 2.77. The lowest BCUT2D eigenvalue weighted by molar-refractivity contribution is 0.217. The third kappa shape index (κ3) is 3.81. The highest BCUT2D eigenvalue weighted by Gasteiger charge is 2.21. The van der Waals surface area contributed by atoms with Gasteiger partial charge in [-0.05, 0) is 42.0 Å². The average Bonchev–Trinajstić information content (AvgIpc) is 3.03. The maximum absolute atomic E-state index is 10.6. The summed E-state index contributed by atoms with van der Waals surface area (Å²) in [6, 6.07) is 19.8. The molecule has 0 aliphatic carbocycles. The van der Waals surface area contributed by atoms with Crippen LogP contribution in [0.2, 0.25) is 5.02 Å². The van der Waals surface area contributed by atoms with E-state index in [0.717, 1.165) is 50.0 Å². The summed E-state index contributed by atoms with van der Waals surface area (Å²) < 4.78 is 7.02. The van der Waals surface area contributed by atoms with Crippen LogP contribution in [0.4, 0.5) is 0 Å². The van der Waals surface area contributed by atoms with Gasteiger partial charge in [-0.15, -0.1) is 11.3 Å². The number of ether oxygens (including phenoxy) is 1. The van der Waals surface area contributed by atoms with Gasteiger partial charge in [0.1, 0.15) is 11.6 Å². The van der Waals surface area contributed by atoms with E-state index in [1.54, 1.807) is 17.4 Å². The number of thiazole rings is 1. The Morgan fingerprint density at radius 1 is 1.10 bits per heavy atom. The summed E-state index contributed by atoms with van der Waals surface area (Å²) in [5.41, 5.74) is 4.02. The SMILES string of the molecule is Oc1cc(-c2nc3ccccc3s2)cc2c1OCCN(Cc1cccc(Cl)c1)C2. The zero-order valence-electron chi connectivity index (χ0n) is 15.6. The molecule has 4 nitrogen and oxygen atoms in total. The number of rotatable bonds is 3. The Bertz CT molecular complexity index is 1160. The number of fused-ring (bicyclic) bond motifs is 2. The number of benzene rings is 3. The molecule has 0 atom stereocenters. The zero-order chi connectivity index (χ0) is 19.8. The number of aromatic nitrogens is 1. The van der Waals surface area contributed by atoms with E-state index in [-0.39, 0.29) is 5.75 Å². The van der Waals surface area contributed by atoms with Crippen molar-refractivity contribution in [2.75, 3.05) is 13.2 Å². The molecule has 0 spiro atoms. The minimum absolute atomic E-state index is 0.168. The maximum atomic E-state index is 10.6. The molecule has 1 aliphatic rings. The van der Waals surface area contributed by atoms with Crippen molar-refractivity contribution in [1.82, 2.24) is 9.88 Å². The van der Waals surface area contributed by atoms with Crippen LogP contribution in [-0.2, 0) is 13.1 Å². The van der Waals surface area contributed by atoms with Crippen LogP contribution in [-0.4, -0.2) is 28.1 Å². The van der Waals surface area contributed by atoms with Gasteiger partial charge in [0.2, 0.25) is 0 Å². The minimum atomic E-state index is 0.168. The summed E-state index contributed by atoms with van der Waals surface area (Å²) in [6.07, 6.45) is 0. The van der Waals surface area contributed by atoms with Crippen LogP contribution in [0.25, 0.3) is 20.8 Å². The predicted molar refractivity (Wildman–Crippen MR) is 118 cm³/mol. The number of hydrogen-bond donors (Lipinski definition) is 1. The summed E-state index contributed by atoms with van der Waals surface area (Å²) in [5.74, 6) is 0.741. The highest BCUT2D eigenvalue weighted by Crippen LogP contribution is 2.39. The molecule has 0 bridgehead atoms. The second kappa shape index (κ2) is 7.67. The molecule has 5 rings (SSSR count). The Balaban J connectivity index is 1.48. The van der Waals surface area contributed by atoms with E-state index in [1.165, 1.54) is 0 Å². The van der Waals surface area contributed by atoms with Gasteiger partial charge in [-0.3, -0.25) is 4.90 Å². The monoisotopic (exact) mass is 422 g/mol. The normalized spacial score (nSPS) is 14.4. The molecule has 1 aliphatic heterocycles. The minimum Gasteiger partial charge on any atom is -0.504 e. The first-order valence-electron chi connectivity index (χ1n) is 9.47. The molecular formula is C23H19ClN2O2S. The molecule has 29 heavy (non-hydrogen) atoms.